The number of carbonyl (C=O) groups is 2. The molecule has 0 aliphatic carbocycles. The number of aromatic amines is 1. The number of nitrogens with one attached hydrogen (secondary N) is 2. The smallest absolute Gasteiger partial charge is 0.335 e. The Morgan fingerprint density at radius 3 is 2.47 bits per heavy atom. The first-order valence-electron chi connectivity index (χ1n) is 5.76. The first-order chi connectivity index (χ1) is 9.16. The normalized spacial score (nSPS) is 10.1. The molecule has 0 radical (unpaired) electrons. The third-order valence-electron chi connectivity index (χ3n) is 2.60. The maximum atomic E-state index is 11.8. The fourth-order valence-corrected chi connectivity index (χ4v) is 1.60. The first kappa shape index (κ1) is 12.8. The van der Waals surface area contributed by atoms with Crippen LogP contribution < -0.4 is 5.32 Å². The van der Waals surface area contributed by atoms with Crippen LogP contribution in [0.25, 0.3) is 0 Å². The van der Waals surface area contributed by atoms with Crippen molar-refractivity contribution >= 4 is 11.9 Å². The third kappa shape index (κ3) is 3.41. The minimum Gasteiger partial charge on any atom is -0.478 e. The Balaban J connectivity index is 1.87. The van der Waals surface area contributed by atoms with Gasteiger partial charge in [-0.1, -0.05) is 0 Å². The van der Waals surface area contributed by atoms with Crippen molar-refractivity contribution in [3.63, 3.8) is 0 Å². The first-order valence-corrected chi connectivity index (χ1v) is 5.76. The number of rotatable bonds is 5. The topological polar surface area (TPSA) is 95.1 Å². The van der Waals surface area contributed by atoms with E-state index in [1.54, 1.807) is 12.4 Å². The van der Waals surface area contributed by atoms with Crippen molar-refractivity contribution in [2.24, 2.45) is 0 Å². The molecule has 1 aromatic carbocycles. The van der Waals surface area contributed by atoms with E-state index in [2.05, 4.69) is 15.3 Å². The quantitative estimate of drug-likeness (QED) is 0.748. The van der Waals surface area contributed by atoms with Gasteiger partial charge in [0, 0.05) is 30.9 Å². The third-order valence-corrected chi connectivity index (χ3v) is 2.60. The molecule has 0 spiro atoms. The van der Waals surface area contributed by atoms with Crippen molar-refractivity contribution in [2.75, 3.05) is 6.54 Å². The highest BCUT2D eigenvalue weighted by Crippen LogP contribution is 2.04. The number of nitrogens with zero attached hydrogens (tertiary/aromatic N) is 1. The van der Waals surface area contributed by atoms with E-state index in [4.69, 9.17) is 5.11 Å². The van der Waals surface area contributed by atoms with Gasteiger partial charge in [-0.15, -0.1) is 0 Å². The van der Waals surface area contributed by atoms with Gasteiger partial charge in [-0.25, -0.2) is 9.78 Å². The second-order valence-corrected chi connectivity index (χ2v) is 3.92. The van der Waals surface area contributed by atoms with Crippen molar-refractivity contribution in [3.05, 3.63) is 53.6 Å². The fourth-order valence-electron chi connectivity index (χ4n) is 1.60. The lowest BCUT2D eigenvalue weighted by molar-refractivity contribution is 0.0696. The van der Waals surface area contributed by atoms with Gasteiger partial charge in [0.1, 0.15) is 5.82 Å². The zero-order valence-electron chi connectivity index (χ0n) is 10.1. The summed E-state index contributed by atoms with van der Waals surface area (Å²) in [6.07, 6.45) is 4.00. The number of hydrogen-bond acceptors (Lipinski definition) is 3. The number of aromatic nitrogens is 2. The van der Waals surface area contributed by atoms with Gasteiger partial charge in [0.15, 0.2) is 0 Å². The average Bonchev–Trinajstić information content (AvgIpc) is 2.92. The molecule has 6 nitrogen and oxygen atoms in total. The van der Waals surface area contributed by atoms with Crippen LogP contribution in [-0.2, 0) is 6.42 Å². The SMILES string of the molecule is O=C(O)c1ccc(C(=O)NCCc2ncc[nH]2)cc1. The molecule has 6 heteroatoms. The van der Waals surface area contributed by atoms with Crippen molar-refractivity contribution < 1.29 is 14.7 Å². The van der Waals surface area contributed by atoms with E-state index in [0.717, 1.165) is 5.82 Å². The van der Waals surface area contributed by atoms with Crippen molar-refractivity contribution in [2.45, 2.75) is 6.42 Å². The van der Waals surface area contributed by atoms with Crippen molar-refractivity contribution in [1.29, 1.82) is 0 Å². The van der Waals surface area contributed by atoms with E-state index >= 15 is 0 Å². The summed E-state index contributed by atoms with van der Waals surface area (Å²) in [4.78, 5) is 29.4. The molecule has 3 N–H and O–H groups in total. The second-order valence-electron chi connectivity index (χ2n) is 3.92. The largest absolute Gasteiger partial charge is 0.478 e. The van der Waals surface area contributed by atoms with Gasteiger partial charge >= 0.3 is 5.97 Å². The number of carboxylic acids is 1. The van der Waals surface area contributed by atoms with E-state index in [-0.39, 0.29) is 11.5 Å². The van der Waals surface area contributed by atoms with Crippen LogP contribution >= 0.6 is 0 Å². The van der Waals surface area contributed by atoms with Gasteiger partial charge < -0.3 is 15.4 Å². The molecule has 0 bridgehead atoms. The molecule has 19 heavy (non-hydrogen) atoms. The van der Waals surface area contributed by atoms with Crippen LogP contribution in [0.1, 0.15) is 26.5 Å². The van der Waals surface area contributed by atoms with Crippen LogP contribution in [0.2, 0.25) is 0 Å². The molecule has 0 aliphatic heterocycles. The molecule has 1 amide bonds. The van der Waals surface area contributed by atoms with E-state index in [9.17, 15) is 9.59 Å². The summed E-state index contributed by atoms with van der Waals surface area (Å²) in [6, 6.07) is 5.80. The Kier molecular flexibility index (Phi) is 3.92. The monoisotopic (exact) mass is 259 g/mol. The summed E-state index contributed by atoms with van der Waals surface area (Å²) in [7, 11) is 0. The van der Waals surface area contributed by atoms with Crippen LogP contribution in [0.15, 0.2) is 36.7 Å². The summed E-state index contributed by atoms with van der Waals surface area (Å²) in [5.41, 5.74) is 0.594. The van der Waals surface area contributed by atoms with Crippen LogP contribution in [0.4, 0.5) is 0 Å². The van der Waals surface area contributed by atoms with Gasteiger partial charge in [-0.2, -0.15) is 0 Å². The lowest BCUT2D eigenvalue weighted by atomic mass is 10.1. The van der Waals surface area contributed by atoms with E-state index in [1.165, 1.54) is 24.3 Å². The van der Waals surface area contributed by atoms with Crippen LogP contribution in [0, 0.1) is 0 Å². The zero-order chi connectivity index (χ0) is 13.7. The molecule has 0 saturated carbocycles. The lowest BCUT2D eigenvalue weighted by Gasteiger charge is -2.04. The van der Waals surface area contributed by atoms with Crippen molar-refractivity contribution in [3.8, 4) is 0 Å². The molecule has 0 unspecified atom stereocenters. The molecule has 1 aromatic heterocycles. The van der Waals surface area contributed by atoms with Crippen LogP contribution in [0.3, 0.4) is 0 Å². The summed E-state index contributed by atoms with van der Waals surface area (Å²) >= 11 is 0. The van der Waals surface area contributed by atoms with Gasteiger partial charge in [0.25, 0.3) is 5.91 Å². The number of carboxylic acid groups (broad SMARTS) is 1. The van der Waals surface area contributed by atoms with Crippen LogP contribution in [-0.4, -0.2) is 33.5 Å². The number of aromatic carboxylic acids is 1. The van der Waals surface area contributed by atoms with Gasteiger partial charge in [0.05, 0.1) is 5.56 Å². The summed E-state index contributed by atoms with van der Waals surface area (Å²) in [5, 5.41) is 11.5. The maximum absolute atomic E-state index is 11.8. The maximum Gasteiger partial charge on any atom is 0.335 e. The van der Waals surface area contributed by atoms with Gasteiger partial charge in [-0.3, -0.25) is 4.79 Å². The Bertz CT molecular complexity index is 561. The molecule has 0 saturated heterocycles. The van der Waals surface area contributed by atoms with E-state index in [0.29, 0.717) is 18.5 Å². The molecule has 1 heterocycles. The number of hydrogen-bond donors (Lipinski definition) is 3. The number of H-pyrrole nitrogens is 1. The lowest BCUT2D eigenvalue weighted by Crippen LogP contribution is -2.25. The molecule has 2 aromatic rings. The number of carbonyl (C=O) groups excluding carboxylic acids is 1. The van der Waals surface area contributed by atoms with E-state index in [1.807, 2.05) is 0 Å². The summed E-state index contributed by atoms with van der Waals surface area (Å²) in [6.45, 7) is 0.465. The highest BCUT2D eigenvalue weighted by Gasteiger charge is 2.07. The minimum absolute atomic E-state index is 0.159. The average molecular weight is 259 g/mol. The summed E-state index contributed by atoms with van der Waals surface area (Å²) in [5.74, 6) is -0.435. The molecular weight excluding hydrogens is 246 g/mol. The van der Waals surface area contributed by atoms with Gasteiger partial charge in [0.2, 0.25) is 0 Å². The molecule has 0 fully saturated rings. The molecule has 0 atom stereocenters. The molecule has 0 aliphatic rings. The molecule has 98 valence electrons. The highest BCUT2D eigenvalue weighted by atomic mass is 16.4. The Hall–Kier alpha value is -2.63. The summed E-state index contributed by atoms with van der Waals surface area (Å²) < 4.78 is 0. The predicted octanol–water partition coefficient (Wildman–Crippen LogP) is 1.08. The molecule has 2 rings (SSSR count). The van der Waals surface area contributed by atoms with Crippen molar-refractivity contribution in [1.82, 2.24) is 15.3 Å². The minimum atomic E-state index is -1.01. The Labute approximate surface area is 109 Å². The predicted molar refractivity (Wildman–Crippen MR) is 68.0 cm³/mol. The zero-order valence-corrected chi connectivity index (χ0v) is 10.1. The number of imidazole rings is 1. The molecular formula is C13H13N3O3. The highest BCUT2D eigenvalue weighted by molar-refractivity contribution is 5.95. The van der Waals surface area contributed by atoms with Gasteiger partial charge in [-0.05, 0) is 24.3 Å². The Morgan fingerprint density at radius 1 is 1.21 bits per heavy atom. The van der Waals surface area contributed by atoms with E-state index < -0.39 is 5.97 Å². The fraction of sp³-hybridized carbons (Fsp3) is 0.154. The Morgan fingerprint density at radius 2 is 1.89 bits per heavy atom. The number of amides is 1. The standard InChI is InChI=1S/C13H13N3O3/c17-12(16-6-5-11-14-7-8-15-11)9-1-3-10(4-2-9)13(18)19/h1-4,7-8H,5-6H2,(H,14,15)(H,16,17)(H,18,19). The number of benzene rings is 1. The van der Waals surface area contributed by atoms with Crippen LogP contribution in [0.5, 0.6) is 0 Å². The second kappa shape index (κ2) is 5.81.